The zero-order valence-electron chi connectivity index (χ0n) is 23.5. The average molecular weight is 621 g/mol. The Morgan fingerprint density at radius 3 is 2.29 bits per heavy atom. The van der Waals surface area contributed by atoms with E-state index in [0.29, 0.717) is 40.9 Å². The van der Waals surface area contributed by atoms with Crippen LogP contribution in [-0.4, -0.2) is 34.1 Å². The lowest BCUT2D eigenvalue weighted by atomic mass is 9.93. The molecule has 0 aliphatic carbocycles. The van der Waals surface area contributed by atoms with Crippen molar-refractivity contribution in [2.45, 2.75) is 37.5 Å². The summed E-state index contributed by atoms with van der Waals surface area (Å²) in [7, 11) is -1.80. The van der Waals surface area contributed by atoms with Crippen LogP contribution < -0.4 is 10.0 Å². The molecule has 0 radical (unpaired) electrons. The number of thioether (sulfide) groups is 1. The first kappa shape index (κ1) is 31.5. The van der Waals surface area contributed by atoms with Crippen molar-refractivity contribution in [3.8, 4) is 11.1 Å². The van der Waals surface area contributed by atoms with Gasteiger partial charge in [-0.15, -0.1) is 0 Å². The van der Waals surface area contributed by atoms with Crippen LogP contribution in [0.2, 0.25) is 5.02 Å². The second-order valence-electron chi connectivity index (χ2n) is 9.67. The van der Waals surface area contributed by atoms with E-state index in [-0.39, 0.29) is 5.91 Å². The molecule has 4 aromatic carbocycles. The van der Waals surface area contributed by atoms with Gasteiger partial charge in [-0.1, -0.05) is 72.3 Å². The van der Waals surface area contributed by atoms with Gasteiger partial charge in [0.15, 0.2) is 11.0 Å². The summed E-state index contributed by atoms with van der Waals surface area (Å²) in [6.07, 6.45) is 2.30. The molecule has 0 aliphatic heterocycles. The molecule has 0 heterocycles. The van der Waals surface area contributed by atoms with Crippen LogP contribution >= 0.6 is 23.4 Å². The van der Waals surface area contributed by atoms with Gasteiger partial charge in [0, 0.05) is 10.6 Å². The van der Waals surface area contributed by atoms with Gasteiger partial charge in [0.25, 0.3) is 11.8 Å². The van der Waals surface area contributed by atoms with Crippen molar-refractivity contribution in [2.75, 3.05) is 12.0 Å². The van der Waals surface area contributed by atoms with Crippen LogP contribution in [0.15, 0.2) is 102 Å². The molecule has 0 aliphatic rings. The predicted octanol–water partition coefficient (Wildman–Crippen LogP) is 6.72. The Morgan fingerprint density at radius 2 is 1.57 bits per heavy atom. The van der Waals surface area contributed by atoms with Gasteiger partial charge in [-0.2, -0.15) is 11.8 Å². The molecule has 4 aromatic rings. The quantitative estimate of drug-likeness (QED) is 0.173. The smallest absolute Gasteiger partial charge is 0.254 e. The van der Waals surface area contributed by atoms with Crippen LogP contribution in [0.3, 0.4) is 0 Å². The SMILES string of the molecule is CSCCC(NC(=O)c1ccc(COCc2ccccc2)cc1-c1ccccc1C)C(=O)NS(=O)c1ccc(Cl)cc1. The summed E-state index contributed by atoms with van der Waals surface area (Å²) in [4.78, 5) is 27.3. The number of hydrogen-bond acceptors (Lipinski definition) is 5. The van der Waals surface area contributed by atoms with Gasteiger partial charge in [-0.3, -0.25) is 14.3 Å². The molecule has 42 heavy (non-hydrogen) atoms. The van der Waals surface area contributed by atoms with Crippen molar-refractivity contribution in [3.05, 3.63) is 124 Å². The lowest BCUT2D eigenvalue weighted by Gasteiger charge is -2.20. The molecule has 0 spiro atoms. The molecule has 2 unspecified atom stereocenters. The Labute approximate surface area is 258 Å². The van der Waals surface area contributed by atoms with Crippen LogP contribution in [0.5, 0.6) is 0 Å². The van der Waals surface area contributed by atoms with E-state index in [4.69, 9.17) is 16.3 Å². The van der Waals surface area contributed by atoms with E-state index in [1.807, 2.05) is 79.9 Å². The fourth-order valence-electron chi connectivity index (χ4n) is 4.36. The number of nitrogens with one attached hydrogen (secondary N) is 2. The molecule has 9 heteroatoms. The van der Waals surface area contributed by atoms with E-state index >= 15 is 0 Å². The maximum Gasteiger partial charge on any atom is 0.254 e. The number of amides is 2. The topological polar surface area (TPSA) is 84.5 Å². The van der Waals surface area contributed by atoms with E-state index in [1.54, 1.807) is 42.1 Å². The summed E-state index contributed by atoms with van der Waals surface area (Å²) < 4.78 is 21.3. The minimum atomic E-state index is -1.80. The average Bonchev–Trinajstić information content (AvgIpc) is 3.00. The molecular weight excluding hydrogens is 588 g/mol. The number of hydrogen-bond donors (Lipinski definition) is 2. The summed E-state index contributed by atoms with van der Waals surface area (Å²) in [6, 6.07) is 28.9. The molecule has 0 aromatic heterocycles. The van der Waals surface area contributed by atoms with Crippen LogP contribution in [0.4, 0.5) is 0 Å². The minimum Gasteiger partial charge on any atom is -0.372 e. The zero-order chi connectivity index (χ0) is 29.9. The predicted molar refractivity (Wildman–Crippen MR) is 172 cm³/mol. The van der Waals surface area contributed by atoms with Crippen molar-refractivity contribution in [2.24, 2.45) is 0 Å². The molecule has 2 N–H and O–H groups in total. The van der Waals surface area contributed by atoms with E-state index < -0.39 is 22.9 Å². The van der Waals surface area contributed by atoms with Crippen molar-refractivity contribution in [1.82, 2.24) is 10.0 Å². The van der Waals surface area contributed by atoms with Crippen molar-refractivity contribution in [3.63, 3.8) is 0 Å². The first-order chi connectivity index (χ1) is 20.4. The van der Waals surface area contributed by atoms with Crippen LogP contribution in [-0.2, 0) is 33.7 Å². The molecule has 2 atom stereocenters. The van der Waals surface area contributed by atoms with E-state index in [1.165, 1.54) is 0 Å². The summed E-state index contributed by atoms with van der Waals surface area (Å²) in [5.41, 5.74) is 5.14. The van der Waals surface area contributed by atoms with Gasteiger partial charge >= 0.3 is 0 Å². The minimum absolute atomic E-state index is 0.377. The Balaban J connectivity index is 1.54. The van der Waals surface area contributed by atoms with Gasteiger partial charge in [0.05, 0.1) is 18.1 Å². The molecule has 0 saturated carbocycles. The van der Waals surface area contributed by atoms with Gasteiger partial charge in [-0.25, -0.2) is 4.21 Å². The first-order valence-corrected chi connectivity index (χ1v) is 16.4. The molecule has 0 bridgehead atoms. The normalized spacial score (nSPS) is 12.4. The maximum atomic E-state index is 13.7. The summed E-state index contributed by atoms with van der Waals surface area (Å²) in [5.74, 6) is -0.272. The third-order valence-corrected chi connectivity index (χ3v) is 8.58. The molecular formula is C33H33ClN2O4S2. The lowest BCUT2D eigenvalue weighted by Crippen LogP contribution is -2.47. The first-order valence-electron chi connectivity index (χ1n) is 13.4. The second-order valence-corrected chi connectivity index (χ2v) is 12.3. The summed E-state index contributed by atoms with van der Waals surface area (Å²) >= 11 is 7.49. The van der Waals surface area contributed by atoms with Crippen molar-refractivity contribution in [1.29, 1.82) is 0 Å². The standard InChI is InChI=1S/C33H33ClN2O4S2/c1-23-8-6-7-11-28(23)30-20-25(22-40-21-24-9-4-3-5-10-24)12-17-29(30)32(37)35-31(18-19-41-2)33(38)36-42(39)27-15-13-26(34)14-16-27/h3-17,20,31H,18-19,21-22H2,1-2H3,(H,35,37)(H,36,38). The number of carbonyl (C=O) groups is 2. The molecule has 2 amide bonds. The van der Waals surface area contributed by atoms with Gasteiger partial charge in [-0.05, 0) is 89.6 Å². The largest absolute Gasteiger partial charge is 0.372 e. The van der Waals surface area contributed by atoms with E-state index in [0.717, 1.165) is 27.8 Å². The number of rotatable bonds is 13. The monoisotopic (exact) mass is 620 g/mol. The van der Waals surface area contributed by atoms with E-state index in [9.17, 15) is 13.8 Å². The molecule has 0 saturated heterocycles. The fourth-order valence-corrected chi connectivity index (χ4v) is 5.78. The van der Waals surface area contributed by atoms with Gasteiger partial charge in [0.2, 0.25) is 0 Å². The Hall–Kier alpha value is -3.43. The van der Waals surface area contributed by atoms with Crippen LogP contribution in [0.1, 0.15) is 33.5 Å². The van der Waals surface area contributed by atoms with Gasteiger partial charge in [0.1, 0.15) is 6.04 Å². The van der Waals surface area contributed by atoms with Crippen molar-refractivity contribution < 1.29 is 18.5 Å². The number of aryl methyl sites for hydroxylation is 1. The third kappa shape index (κ3) is 8.79. The second kappa shape index (κ2) is 15.7. The lowest BCUT2D eigenvalue weighted by molar-refractivity contribution is -0.121. The number of ether oxygens (including phenoxy) is 1. The highest BCUT2D eigenvalue weighted by molar-refractivity contribution is 7.98. The molecule has 6 nitrogen and oxygen atoms in total. The van der Waals surface area contributed by atoms with Crippen LogP contribution in [0, 0.1) is 6.92 Å². The summed E-state index contributed by atoms with van der Waals surface area (Å²) in [5, 5.41) is 3.40. The Bertz CT molecular complexity index is 1530. The van der Waals surface area contributed by atoms with Crippen LogP contribution in [0.25, 0.3) is 11.1 Å². The highest BCUT2D eigenvalue weighted by atomic mass is 35.5. The zero-order valence-corrected chi connectivity index (χ0v) is 25.9. The Kier molecular flexibility index (Phi) is 11.8. The molecule has 218 valence electrons. The third-order valence-electron chi connectivity index (χ3n) is 6.60. The highest BCUT2D eigenvalue weighted by Gasteiger charge is 2.25. The number of halogens is 1. The number of benzene rings is 4. The highest BCUT2D eigenvalue weighted by Crippen LogP contribution is 2.29. The fraction of sp³-hybridized carbons (Fsp3) is 0.212. The molecule has 4 rings (SSSR count). The maximum absolute atomic E-state index is 13.7. The summed E-state index contributed by atoms with van der Waals surface area (Å²) in [6.45, 7) is 2.85. The van der Waals surface area contributed by atoms with Crippen molar-refractivity contribution >= 4 is 46.2 Å². The van der Waals surface area contributed by atoms with Gasteiger partial charge < -0.3 is 10.1 Å². The number of carbonyl (C=O) groups excluding carboxylic acids is 2. The van der Waals surface area contributed by atoms with E-state index in [2.05, 4.69) is 10.0 Å². The molecule has 0 fully saturated rings. The Morgan fingerprint density at radius 1 is 0.881 bits per heavy atom.